The molecule has 0 unspecified atom stereocenters. The molecule has 1 aliphatic rings. The zero-order valence-corrected chi connectivity index (χ0v) is 17.8. The van der Waals surface area contributed by atoms with Gasteiger partial charge in [0, 0.05) is 23.2 Å². The predicted octanol–water partition coefficient (Wildman–Crippen LogP) is 3.40. The van der Waals surface area contributed by atoms with Crippen LogP contribution < -0.4 is 4.74 Å². The second-order valence-corrected chi connectivity index (χ2v) is 8.73. The Kier molecular flexibility index (Phi) is 6.67. The quantitative estimate of drug-likeness (QED) is 0.480. The van der Waals surface area contributed by atoms with Crippen LogP contribution in [0, 0.1) is 0 Å². The minimum absolute atomic E-state index is 0.0117. The van der Waals surface area contributed by atoms with Crippen molar-refractivity contribution < 1.29 is 32.3 Å². The largest absolute Gasteiger partial charge is 0.467 e. The van der Waals surface area contributed by atoms with Crippen LogP contribution in [0.4, 0.5) is 0 Å². The predicted molar refractivity (Wildman–Crippen MR) is 104 cm³/mol. The van der Waals surface area contributed by atoms with Crippen LogP contribution in [0.2, 0.25) is 10.0 Å². The third-order valence-electron chi connectivity index (χ3n) is 4.15. The zero-order chi connectivity index (χ0) is 21.2. The lowest BCUT2D eigenvalue weighted by Gasteiger charge is -2.21. The van der Waals surface area contributed by atoms with E-state index in [4.69, 9.17) is 42.3 Å². The van der Waals surface area contributed by atoms with Gasteiger partial charge in [0.15, 0.2) is 6.79 Å². The fraction of sp³-hybridized carbons (Fsp3) is 0.278. The van der Waals surface area contributed by atoms with Gasteiger partial charge in [-0.3, -0.25) is 4.84 Å². The van der Waals surface area contributed by atoms with Gasteiger partial charge >= 0.3 is 5.97 Å². The number of hydrogen-bond donors (Lipinski definition) is 0. The first-order chi connectivity index (χ1) is 13.7. The molecule has 8 nitrogen and oxygen atoms in total. The van der Waals surface area contributed by atoms with Crippen LogP contribution in [0.1, 0.15) is 21.5 Å². The Balaban J connectivity index is 1.82. The SMILES string of the molecule is CON(C)S(=O)(=O)c1cc(C(=O)OCc2cc(Cl)cc3c2OCOC3)ccc1Cl. The number of esters is 1. The Morgan fingerprint density at radius 2 is 2.00 bits per heavy atom. The maximum Gasteiger partial charge on any atom is 0.338 e. The summed E-state index contributed by atoms with van der Waals surface area (Å²) in [7, 11) is -1.63. The third kappa shape index (κ3) is 4.66. The lowest BCUT2D eigenvalue weighted by molar-refractivity contribution is -0.0258. The number of rotatable bonds is 6. The third-order valence-corrected chi connectivity index (χ3v) is 6.53. The van der Waals surface area contributed by atoms with E-state index in [1.54, 1.807) is 12.1 Å². The van der Waals surface area contributed by atoms with Crippen molar-refractivity contribution in [2.45, 2.75) is 18.1 Å². The van der Waals surface area contributed by atoms with Gasteiger partial charge in [-0.15, -0.1) is 0 Å². The number of fused-ring (bicyclic) bond motifs is 1. The number of hydrogen-bond acceptors (Lipinski definition) is 7. The molecular weight excluding hydrogens is 445 g/mol. The van der Waals surface area contributed by atoms with Crippen LogP contribution >= 0.6 is 23.2 Å². The monoisotopic (exact) mass is 461 g/mol. The second kappa shape index (κ2) is 8.86. The minimum atomic E-state index is -4.04. The van der Waals surface area contributed by atoms with Gasteiger partial charge in [-0.2, -0.15) is 0 Å². The summed E-state index contributed by atoms with van der Waals surface area (Å²) in [4.78, 5) is 16.9. The molecule has 3 rings (SSSR count). The highest BCUT2D eigenvalue weighted by Crippen LogP contribution is 2.32. The highest BCUT2D eigenvalue weighted by Gasteiger charge is 2.26. The lowest BCUT2D eigenvalue weighted by atomic mass is 10.1. The fourth-order valence-electron chi connectivity index (χ4n) is 2.66. The van der Waals surface area contributed by atoms with E-state index < -0.39 is 16.0 Å². The summed E-state index contributed by atoms with van der Waals surface area (Å²) in [5, 5.41) is 0.397. The molecule has 0 atom stereocenters. The zero-order valence-electron chi connectivity index (χ0n) is 15.5. The van der Waals surface area contributed by atoms with E-state index >= 15 is 0 Å². The molecule has 0 spiro atoms. The summed E-state index contributed by atoms with van der Waals surface area (Å²) >= 11 is 12.1. The molecular formula is C18H17Cl2NO7S. The number of hydroxylamine groups is 1. The van der Waals surface area contributed by atoms with Gasteiger partial charge in [-0.05, 0) is 30.3 Å². The van der Waals surface area contributed by atoms with Crippen LogP contribution in [0.15, 0.2) is 35.2 Å². The van der Waals surface area contributed by atoms with Gasteiger partial charge in [0.2, 0.25) is 0 Å². The topological polar surface area (TPSA) is 91.4 Å². The molecule has 1 aliphatic heterocycles. The van der Waals surface area contributed by atoms with Crippen molar-refractivity contribution in [3.05, 3.63) is 57.1 Å². The standard InChI is InChI=1S/C18H17Cl2NO7S/c1-21(25-2)29(23,24)16-7-11(3-4-15(16)20)18(22)27-9-13-6-14(19)5-12-8-26-10-28-17(12)13/h3-7H,8-10H2,1-2H3. The summed E-state index contributed by atoms with van der Waals surface area (Å²) < 4.78 is 41.6. The van der Waals surface area contributed by atoms with Crippen LogP contribution in [0.25, 0.3) is 0 Å². The average Bonchev–Trinajstić information content (AvgIpc) is 2.71. The molecule has 0 bridgehead atoms. The maximum absolute atomic E-state index is 12.5. The number of carbonyl (C=O) groups excluding carboxylic acids is 1. The molecule has 11 heteroatoms. The van der Waals surface area contributed by atoms with Gasteiger partial charge in [-0.25, -0.2) is 13.2 Å². The lowest BCUT2D eigenvalue weighted by Crippen LogP contribution is -2.26. The molecule has 0 aliphatic carbocycles. The Hall–Kier alpha value is -1.88. The van der Waals surface area contributed by atoms with Crippen molar-refractivity contribution >= 4 is 39.2 Å². The Morgan fingerprint density at radius 1 is 1.24 bits per heavy atom. The highest BCUT2D eigenvalue weighted by atomic mass is 35.5. The van der Waals surface area contributed by atoms with Crippen molar-refractivity contribution in [2.75, 3.05) is 21.0 Å². The Morgan fingerprint density at radius 3 is 2.72 bits per heavy atom. The van der Waals surface area contributed by atoms with Crippen LogP contribution in [0.3, 0.4) is 0 Å². The first-order valence-corrected chi connectivity index (χ1v) is 10.4. The summed E-state index contributed by atoms with van der Waals surface area (Å²) in [6, 6.07) is 7.14. The molecule has 0 radical (unpaired) electrons. The van der Waals surface area contributed by atoms with Crippen molar-refractivity contribution in [1.29, 1.82) is 0 Å². The van der Waals surface area contributed by atoms with Gasteiger partial charge in [0.05, 0.1) is 24.3 Å². The molecule has 0 saturated heterocycles. The van der Waals surface area contributed by atoms with Gasteiger partial charge < -0.3 is 14.2 Å². The Labute approximate surface area is 177 Å². The van der Waals surface area contributed by atoms with E-state index in [0.29, 0.717) is 27.4 Å². The van der Waals surface area contributed by atoms with E-state index in [-0.39, 0.29) is 28.9 Å². The highest BCUT2D eigenvalue weighted by molar-refractivity contribution is 7.89. The summed E-state index contributed by atoms with van der Waals surface area (Å²) in [6.07, 6.45) is 0. The molecule has 0 amide bonds. The average molecular weight is 462 g/mol. The van der Waals surface area contributed by atoms with Crippen molar-refractivity contribution in [1.82, 2.24) is 4.47 Å². The van der Waals surface area contributed by atoms with E-state index in [2.05, 4.69) is 0 Å². The molecule has 0 aromatic heterocycles. The normalized spacial score (nSPS) is 13.7. The number of ether oxygens (including phenoxy) is 3. The first-order valence-electron chi connectivity index (χ1n) is 8.25. The molecule has 0 fully saturated rings. The van der Waals surface area contributed by atoms with Crippen molar-refractivity contribution in [3.63, 3.8) is 0 Å². The summed E-state index contributed by atoms with van der Waals surface area (Å²) in [6.45, 7) is 0.299. The van der Waals surface area contributed by atoms with Crippen LogP contribution in [-0.4, -0.2) is 39.8 Å². The van der Waals surface area contributed by atoms with E-state index in [1.165, 1.54) is 26.3 Å². The van der Waals surface area contributed by atoms with Gasteiger partial charge in [-0.1, -0.05) is 27.7 Å². The van der Waals surface area contributed by atoms with Crippen molar-refractivity contribution in [2.24, 2.45) is 0 Å². The maximum atomic E-state index is 12.5. The molecule has 156 valence electrons. The van der Waals surface area contributed by atoms with Crippen LogP contribution in [0.5, 0.6) is 5.75 Å². The molecule has 29 heavy (non-hydrogen) atoms. The summed E-state index contributed by atoms with van der Waals surface area (Å²) in [5.41, 5.74) is 1.33. The van der Waals surface area contributed by atoms with Gasteiger partial charge in [0.25, 0.3) is 10.0 Å². The van der Waals surface area contributed by atoms with E-state index in [9.17, 15) is 13.2 Å². The number of benzene rings is 2. The molecule has 2 aromatic rings. The molecule has 1 heterocycles. The molecule has 0 saturated carbocycles. The summed E-state index contributed by atoms with van der Waals surface area (Å²) in [5.74, 6) is -0.187. The number of carbonyl (C=O) groups is 1. The van der Waals surface area contributed by atoms with E-state index in [1.807, 2.05) is 0 Å². The first kappa shape index (κ1) is 21.8. The van der Waals surface area contributed by atoms with Gasteiger partial charge in [0.1, 0.15) is 17.3 Å². The number of sulfonamides is 1. The Bertz CT molecular complexity index is 1040. The number of nitrogens with zero attached hydrogens (tertiary/aromatic N) is 1. The fourth-order valence-corrected chi connectivity index (χ4v) is 4.39. The molecule has 0 N–H and O–H groups in total. The van der Waals surface area contributed by atoms with Crippen molar-refractivity contribution in [3.8, 4) is 5.75 Å². The number of halogens is 2. The second-order valence-electron chi connectivity index (χ2n) is 5.98. The smallest absolute Gasteiger partial charge is 0.338 e. The molecule has 2 aromatic carbocycles. The van der Waals surface area contributed by atoms with E-state index in [0.717, 1.165) is 11.6 Å². The van der Waals surface area contributed by atoms with Crippen LogP contribution in [-0.2, 0) is 37.5 Å². The minimum Gasteiger partial charge on any atom is -0.467 e.